The summed E-state index contributed by atoms with van der Waals surface area (Å²) in [6.45, 7) is 5.04. The predicted molar refractivity (Wildman–Crippen MR) is 70.0 cm³/mol. The summed E-state index contributed by atoms with van der Waals surface area (Å²) in [5.41, 5.74) is -0.0629. The largest absolute Gasteiger partial charge is 0.548 e. The van der Waals surface area contributed by atoms with Gasteiger partial charge in [-0.1, -0.05) is 12.1 Å². The summed E-state index contributed by atoms with van der Waals surface area (Å²) in [5, 5.41) is 22.4. The molecule has 0 aromatic heterocycles. The molecule has 2 N–H and O–H groups in total. The molecule has 0 bridgehead atoms. The van der Waals surface area contributed by atoms with Gasteiger partial charge in [0.2, 0.25) is 0 Å². The van der Waals surface area contributed by atoms with Crippen molar-refractivity contribution in [3.8, 4) is 5.75 Å². The van der Waals surface area contributed by atoms with E-state index in [0.29, 0.717) is 5.56 Å². The Kier molecular flexibility index (Phi) is 4.96. The van der Waals surface area contributed by atoms with Gasteiger partial charge in [0.05, 0.1) is 12.0 Å². The number of hydrogen-bond donors (Lipinski definition) is 2. The van der Waals surface area contributed by atoms with Crippen molar-refractivity contribution in [2.75, 3.05) is 0 Å². The molecule has 0 fully saturated rings. The second-order valence-corrected chi connectivity index (χ2v) is 5.39. The number of alkyl carbamates (subject to hydrolysis) is 1. The van der Waals surface area contributed by atoms with Crippen molar-refractivity contribution in [2.45, 2.75) is 38.8 Å². The molecule has 0 heterocycles. The summed E-state index contributed by atoms with van der Waals surface area (Å²) in [7, 11) is 0. The molecule has 0 aliphatic rings. The van der Waals surface area contributed by atoms with E-state index < -0.39 is 23.7 Å². The molecular formula is C14H18NO5-. The fourth-order valence-corrected chi connectivity index (χ4v) is 1.51. The van der Waals surface area contributed by atoms with Gasteiger partial charge in [0.1, 0.15) is 11.4 Å². The predicted octanol–water partition coefficient (Wildman–Crippen LogP) is 0.578. The number of carbonyl (C=O) groups is 2. The summed E-state index contributed by atoms with van der Waals surface area (Å²) < 4.78 is 4.99. The average molecular weight is 280 g/mol. The maximum atomic E-state index is 11.6. The Morgan fingerprint density at radius 2 is 1.85 bits per heavy atom. The molecule has 1 atom stereocenters. The normalized spacial score (nSPS) is 12.6. The van der Waals surface area contributed by atoms with Crippen LogP contribution in [0, 0.1) is 0 Å². The van der Waals surface area contributed by atoms with Crippen LogP contribution in [0.15, 0.2) is 24.3 Å². The van der Waals surface area contributed by atoms with Crippen LogP contribution in [-0.2, 0) is 16.0 Å². The molecule has 6 heteroatoms. The van der Waals surface area contributed by atoms with Crippen molar-refractivity contribution in [3.05, 3.63) is 29.8 Å². The number of rotatable bonds is 4. The third kappa shape index (κ3) is 5.60. The minimum atomic E-state index is -1.40. The Bertz CT molecular complexity index is 475. The van der Waals surface area contributed by atoms with Gasteiger partial charge in [-0.15, -0.1) is 0 Å². The highest BCUT2D eigenvalue weighted by Crippen LogP contribution is 2.12. The summed E-state index contributed by atoms with van der Waals surface area (Å²) in [5.74, 6) is -1.32. The molecule has 0 aliphatic heterocycles. The quantitative estimate of drug-likeness (QED) is 0.840. The molecule has 1 aromatic rings. The molecule has 0 aliphatic carbocycles. The summed E-state index contributed by atoms with van der Waals surface area (Å²) >= 11 is 0. The van der Waals surface area contributed by atoms with Gasteiger partial charge >= 0.3 is 6.09 Å². The SMILES string of the molecule is CC(C)(C)OC(=O)NC(Cc1ccc(O)cc1)C(=O)[O-]. The van der Waals surface area contributed by atoms with Crippen molar-refractivity contribution in [1.82, 2.24) is 5.32 Å². The minimum Gasteiger partial charge on any atom is -0.548 e. The van der Waals surface area contributed by atoms with E-state index >= 15 is 0 Å². The molecule has 6 nitrogen and oxygen atoms in total. The minimum absolute atomic E-state index is 0.0435. The maximum Gasteiger partial charge on any atom is 0.408 e. The van der Waals surface area contributed by atoms with Crippen LogP contribution in [0.2, 0.25) is 0 Å². The van der Waals surface area contributed by atoms with Gasteiger partial charge in [0.15, 0.2) is 0 Å². The third-order valence-electron chi connectivity index (χ3n) is 2.35. The number of carboxylic acid groups (broad SMARTS) is 1. The van der Waals surface area contributed by atoms with E-state index in [1.807, 2.05) is 0 Å². The van der Waals surface area contributed by atoms with Crippen LogP contribution in [0.25, 0.3) is 0 Å². The van der Waals surface area contributed by atoms with Crippen LogP contribution < -0.4 is 10.4 Å². The number of aliphatic carboxylic acids is 1. The van der Waals surface area contributed by atoms with Gasteiger partial charge < -0.3 is 25.1 Å². The highest BCUT2D eigenvalue weighted by atomic mass is 16.6. The Labute approximate surface area is 117 Å². The molecule has 0 radical (unpaired) electrons. The maximum absolute atomic E-state index is 11.6. The van der Waals surface area contributed by atoms with E-state index in [4.69, 9.17) is 9.84 Å². The third-order valence-corrected chi connectivity index (χ3v) is 2.35. The van der Waals surface area contributed by atoms with E-state index in [-0.39, 0.29) is 12.2 Å². The first-order valence-corrected chi connectivity index (χ1v) is 6.15. The van der Waals surface area contributed by atoms with Crippen LogP contribution in [0.5, 0.6) is 5.75 Å². The van der Waals surface area contributed by atoms with Gasteiger partial charge in [-0.25, -0.2) is 4.79 Å². The Hall–Kier alpha value is -2.24. The van der Waals surface area contributed by atoms with Crippen molar-refractivity contribution in [3.63, 3.8) is 0 Å². The Balaban J connectivity index is 2.68. The zero-order chi connectivity index (χ0) is 15.3. The van der Waals surface area contributed by atoms with E-state index in [2.05, 4.69) is 5.32 Å². The Morgan fingerprint density at radius 3 is 2.30 bits per heavy atom. The fourth-order valence-electron chi connectivity index (χ4n) is 1.51. The first-order chi connectivity index (χ1) is 9.17. The van der Waals surface area contributed by atoms with E-state index in [1.54, 1.807) is 32.9 Å². The molecule has 110 valence electrons. The van der Waals surface area contributed by atoms with Crippen molar-refractivity contribution in [2.24, 2.45) is 0 Å². The lowest BCUT2D eigenvalue weighted by molar-refractivity contribution is -0.308. The number of hydrogen-bond acceptors (Lipinski definition) is 5. The highest BCUT2D eigenvalue weighted by Gasteiger charge is 2.20. The molecular weight excluding hydrogens is 262 g/mol. The van der Waals surface area contributed by atoms with Crippen molar-refractivity contribution in [1.29, 1.82) is 0 Å². The van der Waals surface area contributed by atoms with Crippen molar-refractivity contribution >= 4 is 12.1 Å². The van der Waals surface area contributed by atoms with E-state index in [1.165, 1.54) is 12.1 Å². The first kappa shape index (κ1) is 15.8. The summed E-state index contributed by atoms with van der Waals surface area (Å²) in [6.07, 6.45) is -0.771. The first-order valence-electron chi connectivity index (χ1n) is 6.15. The smallest absolute Gasteiger partial charge is 0.408 e. The topological polar surface area (TPSA) is 98.7 Å². The van der Waals surface area contributed by atoms with Gasteiger partial charge in [-0.3, -0.25) is 0 Å². The second-order valence-electron chi connectivity index (χ2n) is 5.39. The molecule has 1 unspecified atom stereocenters. The number of benzene rings is 1. The molecule has 1 amide bonds. The van der Waals surface area contributed by atoms with Gasteiger partial charge in [0, 0.05) is 0 Å². The lowest BCUT2D eigenvalue weighted by atomic mass is 10.1. The average Bonchev–Trinajstić information content (AvgIpc) is 2.28. The van der Waals surface area contributed by atoms with Gasteiger partial charge in [-0.05, 0) is 44.9 Å². The molecule has 0 spiro atoms. The van der Waals surface area contributed by atoms with Crippen LogP contribution in [0.1, 0.15) is 26.3 Å². The monoisotopic (exact) mass is 280 g/mol. The molecule has 0 saturated carbocycles. The number of nitrogens with one attached hydrogen (secondary N) is 1. The zero-order valence-electron chi connectivity index (χ0n) is 11.7. The molecule has 20 heavy (non-hydrogen) atoms. The lowest BCUT2D eigenvalue weighted by Gasteiger charge is -2.24. The number of ether oxygens (including phenoxy) is 1. The number of aromatic hydroxyl groups is 1. The standard InChI is InChI=1S/C14H19NO5/c1-14(2,3)20-13(19)15-11(12(17)18)8-9-4-6-10(16)7-5-9/h4-7,11,16H,8H2,1-3H3,(H,15,19)(H,17,18)/p-1. The number of carboxylic acids is 1. The number of phenolic OH excluding ortho intramolecular Hbond substituents is 1. The Morgan fingerprint density at radius 1 is 1.30 bits per heavy atom. The number of carbonyl (C=O) groups excluding carboxylic acids is 2. The van der Waals surface area contributed by atoms with Crippen LogP contribution in [-0.4, -0.2) is 28.8 Å². The number of amides is 1. The zero-order valence-corrected chi connectivity index (χ0v) is 11.7. The summed E-state index contributed by atoms with van der Waals surface area (Å²) in [4.78, 5) is 22.6. The van der Waals surface area contributed by atoms with Crippen molar-refractivity contribution < 1.29 is 24.5 Å². The van der Waals surface area contributed by atoms with Gasteiger partial charge in [0.25, 0.3) is 0 Å². The van der Waals surface area contributed by atoms with Crippen LogP contribution in [0.3, 0.4) is 0 Å². The molecule has 1 aromatic carbocycles. The highest BCUT2D eigenvalue weighted by molar-refractivity contribution is 5.79. The van der Waals surface area contributed by atoms with Crippen LogP contribution in [0.4, 0.5) is 4.79 Å². The molecule has 1 rings (SSSR count). The summed E-state index contributed by atoms with van der Waals surface area (Å²) in [6, 6.07) is 4.82. The second kappa shape index (κ2) is 6.27. The lowest BCUT2D eigenvalue weighted by Crippen LogP contribution is -2.50. The number of phenols is 1. The fraction of sp³-hybridized carbons (Fsp3) is 0.429. The van der Waals surface area contributed by atoms with Crippen LogP contribution >= 0.6 is 0 Å². The van der Waals surface area contributed by atoms with Gasteiger partial charge in [-0.2, -0.15) is 0 Å². The molecule has 0 saturated heterocycles. The van der Waals surface area contributed by atoms with E-state index in [0.717, 1.165) is 0 Å². The van der Waals surface area contributed by atoms with E-state index in [9.17, 15) is 14.7 Å².